The normalized spacial score (nSPS) is 14.6. The Labute approximate surface area is 130 Å². The van der Waals surface area contributed by atoms with E-state index in [2.05, 4.69) is 27.8 Å². The third kappa shape index (κ3) is 8.25. The van der Waals surface area contributed by atoms with Crippen LogP contribution in [0.1, 0.15) is 47.5 Å². The van der Waals surface area contributed by atoms with Crippen LogP contribution in [0.3, 0.4) is 0 Å². The Morgan fingerprint density at radius 1 is 1.45 bits per heavy atom. The van der Waals surface area contributed by atoms with Crippen molar-refractivity contribution in [2.75, 3.05) is 0 Å². The average molecular weight is 348 g/mol. The van der Waals surface area contributed by atoms with E-state index in [4.69, 9.17) is 4.74 Å². The summed E-state index contributed by atoms with van der Waals surface area (Å²) in [4.78, 5) is 11.8. The summed E-state index contributed by atoms with van der Waals surface area (Å²) in [7, 11) is 0. The molecule has 0 saturated heterocycles. The van der Waals surface area contributed by atoms with Gasteiger partial charge in [0.2, 0.25) is 0 Å². The molecule has 0 spiro atoms. The standard InChI is InChI=1S/C15H26BrNO3/c1-7-8-13(18)11(16)9-12(10(2)3)17-14(19)20-15(4,5)6/h7,10,12,18H,1,8-9H2,2-6H3,(H,17,19). The number of halogens is 1. The Bertz CT molecular complexity index is 370. The van der Waals surface area contributed by atoms with Gasteiger partial charge in [-0.2, -0.15) is 0 Å². The zero-order valence-corrected chi connectivity index (χ0v) is 14.6. The maximum Gasteiger partial charge on any atom is 0.407 e. The van der Waals surface area contributed by atoms with Gasteiger partial charge in [0.1, 0.15) is 11.4 Å². The summed E-state index contributed by atoms with van der Waals surface area (Å²) < 4.78 is 5.92. The highest BCUT2D eigenvalue weighted by Gasteiger charge is 2.22. The predicted octanol–water partition coefficient (Wildman–Crippen LogP) is 4.67. The molecule has 0 aromatic heterocycles. The molecule has 0 rings (SSSR count). The van der Waals surface area contributed by atoms with Crippen LogP contribution in [0.2, 0.25) is 0 Å². The minimum atomic E-state index is -0.524. The SMILES string of the molecule is C=CCC(O)=C(Br)CC(NC(=O)OC(C)(C)C)C(C)C. The third-order valence-corrected chi connectivity index (χ3v) is 3.34. The number of ether oxygens (including phenoxy) is 1. The minimum Gasteiger partial charge on any atom is -0.511 e. The Kier molecular flexibility index (Phi) is 7.94. The number of allylic oxidation sites excluding steroid dienone is 1. The number of carbonyl (C=O) groups is 1. The molecular weight excluding hydrogens is 322 g/mol. The van der Waals surface area contributed by atoms with Gasteiger partial charge in [-0.05, 0) is 26.7 Å². The fraction of sp³-hybridized carbons (Fsp3) is 0.667. The van der Waals surface area contributed by atoms with Gasteiger partial charge in [-0.15, -0.1) is 6.58 Å². The van der Waals surface area contributed by atoms with E-state index >= 15 is 0 Å². The molecule has 20 heavy (non-hydrogen) atoms. The van der Waals surface area contributed by atoms with Crippen LogP contribution in [-0.2, 0) is 4.74 Å². The topological polar surface area (TPSA) is 58.6 Å². The highest BCUT2D eigenvalue weighted by atomic mass is 79.9. The molecule has 116 valence electrons. The number of hydrogen-bond acceptors (Lipinski definition) is 3. The van der Waals surface area contributed by atoms with Crippen LogP contribution in [0.5, 0.6) is 0 Å². The highest BCUT2D eigenvalue weighted by Crippen LogP contribution is 2.22. The van der Waals surface area contributed by atoms with Crippen molar-refractivity contribution in [3.63, 3.8) is 0 Å². The van der Waals surface area contributed by atoms with Gasteiger partial charge in [0.05, 0.1) is 0 Å². The Morgan fingerprint density at radius 2 is 2.00 bits per heavy atom. The van der Waals surface area contributed by atoms with E-state index in [9.17, 15) is 9.90 Å². The van der Waals surface area contributed by atoms with Gasteiger partial charge in [0.25, 0.3) is 0 Å². The summed E-state index contributed by atoms with van der Waals surface area (Å²) in [6.45, 7) is 13.1. The van der Waals surface area contributed by atoms with Crippen LogP contribution >= 0.6 is 15.9 Å². The van der Waals surface area contributed by atoms with E-state index in [0.29, 0.717) is 17.3 Å². The number of alkyl carbamates (subject to hydrolysis) is 1. The number of amides is 1. The molecule has 0 aliphatic carbocycles. The van der Waals surface area contributed by atoms with E-state index in [1.54, 1.807) is 6.08 Å². The molecule has 0 heterocycles. The Morgan fingerprint density at radius 3 is 2.40 bits per heavy atom. The molecule has 0 aromatic carbocycles. The molecule has 0 bridgehead atoms. The van der Waals surface area contributed by atoms with Crippen molar-refractivity contribution in [1.82, 2.24) is 5.32 Å². The summed E-state index contributed by atoms with van der Waals surface area (Å²) in [5, 5.41) is 12.6. The molecule has 0 radical (unpaired) electrons. The lowest BCUT2D eigenvalue weighted by Gasteiger charge is -2.26. The van der Waals surface area contributed by atoms with E-state index in [-0.39, 0.29) is 17.7 Å². The van der Waals surface area contributed by atoms with Crippen molar-refractivity contribution in [3.8, 4) is 0 Å². The molecule has 0 fully saturated rings. The first-order valence-corrected chi connectivity index (χ1v) is 7.53. The van der Waals surface area contributed by atoms with Crippen molar-refractivity contribution in [2.45, 2.75) is 59.1 Å². The first-order valence-electron chi connectivity index (χ1n) is 6.73. The molecule has 2 N–H and O–H groups in total. The van der Waals surface area contributed by atoms with Crippen LogP contribution in [0, 0.1) is 5.92 Å². The first kappa shape index (κ1) is 19.0. The number of hydrogen-bond donors (Lipinski definition) is 2. The van der Waals surface area contributed by atoms with Gasteiger partial charge in [-0.1, -0.05) is 35.9 Å². The van der Waals surface area contributed by atoms with E-state index in [0.717, 1.165) is 0 Å². The molecule has 1 amide bonds. The molecule has 0 aliphatic heterocycles. The fourth-order valence-corrected chi connectivity index (χ4v) is 1.98. The molecule has 1 unspecified atom stereocenters. The molecule has 5 heteroatoms. The average Bonchev–Trinajstić information content (AvgIpc) is 2.25. The van der Waals surface area contributed by atoms with Crippen LogP contribution < -0.4 is 5.32 Å². The Balaban J connectivity index is 4.71. The second-order valence-corrected chi connectivity index (χ2v) is 7.00. The second kappa shape index (κ2) is 8.35. The predicted molar refractivity (Wildman–Crippen MR) is 86.0 cm³/mol. The number of aliphatic hydroxyl groups excluding tert-OH is 1. The number of carbonyl (C=O) groups excluding carboxylic acids is 1. The van der Waals surface area contributed by atoms with Crippen LogP contribution in [0.25, 0.3) is 0 Å². The van der Waals surface area contributed by atoms with Crippen LogP contribution in [0.15, 0.2) is 22.9 Å². The smallest absolute Gasteiger partial charge is 0.407 e. The summed E-state index contributed by atoms with van der Waals surface area (Å²) >= 11 is 3.35. The Hall–Kier alpha value is -0.970. The lowest BCUT2D eigenvalue weighted by molar-refractivity contribution is 0.0490. The van der Waals surface area contributed by atoms with E-state index < -0.39 is 11.7 Å². The summed E-state index contributed by atoms with van der Waals surface area (Å²) in [5.41, 5.74) is -0.524. The quantitative estimate of drug-likeness (QED) is 0.542. The number of aliphatic hydroxyl groups is 1. The lowest BCUT2D eigenvalue weighted by atomic mass is 10.0. The van der Waals surface area contributed by atoms with Gasteiger partial charge < -0.3 is 15.2 Å². The highest BCUT2D eigenvalue weighted by molar-refractivity contribution is 9.11. The molecule has 0 saturated carbocycles. The fourth-order valence-electron chi connectivity index (χ4n) is 1.47. The monoisotopic (exact) mass is 347 g/mol. The second-order valence-electron chi connectivity index (χ2n) is 6.05. The summed E-state index contributed by atoms with van der Waals surface area (Å²) in [5.74, 6) is 0.447. The van der Waals surface area contributed by atoms with Crippen LogP contribution in [-0.4, -0.2) is 22.8 Å². The zero-order chi connectivity index (χ0) is 15.9. The van der Waals surface area contributed by atoms with Crippen molar-refractivity contribution in [3.05, 3.63) is 22.9 Å². The number of nitrogens with one attached hydrogen (secondary N) is 1. The van der Waals surface area contributed by atoms with Crippen molar-refractivity contribution in [1.29, 1.82) is 0 Å². The van der Waals surface area contributed by atoms with Gasteiger partial charge >= 0.3 is 6.09 Å². The summed E-state index contributed by atoms with van der Waals surface area (Å²) in [6, 6.07) is -0.119. The van der Waals surface area contributed by atoms with E-state index in [1.807, 2.05) is 34.6 Å². The van der Waals surface area contributed by atoms with Crippen molar-refractivity contribution >= 4 is 22.0 Å². The molecule has 0 aliphatic rings. The third-order valence-electron chi connectivity index (χ3n) is 2.56. The lowest BCUT2D eigenvalue weighted by Crippen LogP contribution is -2.41. The molecule has 4 nitrogen and oxygen atoms in total. The maximum atomic E-state index is 11.8. The van der Waals surface area contributed by atoms with Crippen molar-refractivity contribution in [2.24, 2.45) is 5.92 Å². The summed E-state index contributed by atoms with van der Waals surface area (Å²) in [6.07, 6.45) is 2.09. The van der Waals surface area contributed by atoms with Crippen molar-refractivity contribution < 1.29 is 14.6 Å². The minimum absolute atomic E-state index is 0.119. The van der Waals surface area contributed by atoms with E-state index in [1.165, 1.54) is 0 Å². The molecule has 0 aromatic rings. The first-order chi connectivity index (χ1) is 9.06. The van der Waals surface area contributed by atoms with Gasteiger partial charge in [-0.25, -0.2) is 4.79 Å². The molecular formula is C15H26BrNO3. The largest absolute Gasteiger partial charge is 0.511 e. The van der Waals surface area contributed by atoms with Gasteiger partial charge in [-0.3, -0.25) is 0 Å². The number of rotatable bonds is 6. The van der Waals surface area contributed by atoms with Gasteiger partial charge in [0.15, 0.2) is 0 Å². The van der Waals surface area contributed by atoms with Crippen LogP contribution in [0.4, 0.5) is 4.79 Å². The molecule has 1 atom stereocenters. The zero-order valence-electron chi connectivity index (χ0n) is 13.0. The van der Waals surface area contributed by atoms with Gasteiger partial charge in [0, 0.05) is 23.4 Å². The maximum absolute atomic E-state index is 11.8.